The van der Waals surface area contributed by atoms with E-state index in [1.165, 1.54) is 83.1 Å². The molecule has 0 radical (unpaired) electrons. The average molecular weight is 790 g/mol. The molecule has 0 heterocycles. The number of anilines is 3. The molecule has 0 saturated heterocycles. The largest absolute Gasteiger partial charge is 0.309 e. The Morgan fingerprint density at radius 2 is 0.823 bits per heavy atom. The summed E-state index contributed by atoms with van der Waals surface area (Å²) in [5.41, 5.74) is 19.2. The van der Waals surface area contributed by atoms with Crippen molar-refractivity contribution in [3.8, 4) is 33.4 Å². The minimum atomic E-state index is -0.523. The lowest BCUT2D eigenvalue weighted by Crippen LogP contribution is -2.28. The predicted octanol–water partition coefficient (Wildman–Crippen LogP) is 15.7. The van der Waals surface area contributed by atoms with E-state index in [1.54, 1.807) is 0 Å². The quantitative estimate of drug-likeness (QED) is 0.155. The fourth-order valence-corrected chi connectivity index (χ4v) is 11.0. The van der Waals surface area contributed by atoms with Gasteiger partial charge < -0.3 is 4.90 Å². The Hall–Kier alpha value is -7.74. The Kier molecular flexibility index (Phi) is 8.27. The number of rotatable bonds is 7. The first-order chi connectivity index (χ1) is 30.7. The van der Waals surface area contributed by atoms with E-state index in [0.29, 0.717) is 0 Å². The van der Waals surface area contributed by atoms with Gasteiger partial charge in [-0.25, -0.2) is 0 Å². The number of fused-ring (bicyclic) bond motifs is 7. The SMILES string of the molecule is CC1(c2ccccc2)c2ccccc2-c2ccc(-c3ccccc3N(c3ccc4c(c3)C(c3ccccc3)(c3ccccc3)c3ccccc3-4)c3cccc4ccccc34)cc21. The molecule has 0 amide bonds. The second kappa shape index (κ2) is 14.2. The first-order valence-electron chi connectivity index (χ1n) is 21.7. The van der Waals surface area contributed by atoms with Crippen molar-refractivity contribution in [2.75, 3.05) is 4.90 Å². The Morgan fingerprint density at radius 1 is 0.323 bits per heavy atom. The van der Waals surface area contributed by atoms with Gasteiger partial charge in [-0.05, 0) is 109 Å². The van der Waals surface area contributed by atoms with Crippen LogP contribution in [0.4, 0.5) is 17.1 Å². The number of hydrogen-bond donors (Lipinski definition) is 0. The molecule has 0 bridgehead atoms. The van der Waals surface area contributed by atoms with E-state index >= 15 is 0 Å². The van der Waals surface area contributed by atoms with Gasteiger partial charge >= 0.3 is 0 Å². The van der Waals surface area contributed by atoms with Crippen molar-refractivity contribution in [3.05, 3.63) is 282 Å². The Labute approximate surface area is 363 Å². The summed E-state index contributed by atoms with van der Waals surface area (Å²) < 4.78 is 0. The molecule has 2 aliphatic carbocycles. The van der Waals surface area contributed by atoms with Gasteiger partial charge in [-0.2, -0.15) is 0 Å². The molecular weight excluding hydrogens is 747 g/mol. The molecule has 0 spiro atoms. The highest BCUT2D eigenvalue weighted by Crippen LogP contribution is 2.58. The van der Waals surface area contributed by atoms with E-state index in [0.717, 1.165) is 17.1 Å². The zero-order valence-corrected chi connectivity index (χ0v) is 34.5. The van der Waals surface area contributed by atoms with Gasteiger partial charge in [0.1, 0.15) is 0 Å². The fraction of sp³-hybridized carbons (Fsp3) is 0.0492. The lowest BCUT2D eigenvalue weighted by atomic mass is 9.67. The van der Waals surface area contributed by atoms with Gasteiger partial charge in [0.2, 0.25) is 0 Å². The number of nitrogens with zero attached hydrogens (tertiary/aromatic N) is 1. The zero-order chi connectivity index (χ0) is 41.3. The molecule has 10 aromatic carbocycles. The van der Waals surface area contributed by atoms with Gasteiger partial charge in [0, 0.05) is 22.1 Å². The summed E-state index contributed by atoms with van der Waals surface area (Å²) in [6.45, 7) is 2.40. The van der Waals surface area contributed by atoms with Crippen LogP contribution < -0.4 is 4.90 Å². The van der Waals surface area contributed by atoms with E-state index in [2.05, 4.69) is 254 Å². The highest BCUT2D eigenvalue weighted by molar-refractivity contribution is 6.02. The van der Waals surface area contributed by atoms with Gasteiger partial charge in [0.25, 0.3) is 0 Å². The molecular formula is C61H43N. The van der Waals surface area contributed by atoms with Gasteiger partial charge in [-0.3, -0.25) is 0 Å². The lowest BCUT2D eigenvalue weighted by Gasteiger charge is -2.35. The minimum Gasteiger partial charge on any atom is -0.309 e. The molecule has 1 heteroatoms. The molecule has 292 valence electrons. The van der Waals surface area contributed by atoms with Crippen LogP contribution in [0.15, 0.2) is 243 Å². The van der Waals surface area contributed by atoms with Crippen LogP contribution in [-0.4, -0.2) is 0 Å². The molecule has 0 fully saturated rings. The Morgan fingerprint density at radius 3 is 1.55 bits per heavy atom. The molecule has 1 nitrogen and oxygen atoms in total. The van der Waals surface area contributed by atoms with Crippen LogP contribution >= 0.6 is 0 Å². The summed E-state index contributed by atoms with van der Waals surface area (Å²) in [6, 6.07) is 90.0. The van der Waals surface area contributed by atoms with E-state index in [-0.39, 0.29) is 5.41 Å². The summed E-state index contributed by atoms with van der Waals surface area (Å²) >= 11 is 0. The topological polar surface area (TPSA) is 3.24 Å². The van der Waals surface area contributed by atoms with Crippen LogP contribution in [0.5, 0.6) is 0 Å². The molecule has 1 atom stereocenters. The smallest absolute Gasteiger partial charge is 0.0714 e. The molecule has 0 aromatic heterocycles. The van der Waals surface area contributed by atoms with E-state index in [1.807, 2.05) is 0 Å². The van der Waals surface area contributed by atoms with Crippen LogP contribution in [0.3, 0.4) is 0 Å². The van der Waals surface area contributed by atoms with E-state index < -0.39 is 5.41 Å². The molecule has 0 aliphatic heterocycles. The van der Waals surface area contributed by atoms with Crippen molar-refractivity contribution in [3.63, 3.8) is 0 Å². The standard InChI is InChI=1S/C61H43N/c1-60(44-22-5-2-6-23-44)54-32-16-13-30-50(54)52-38-36-43(40-56(52)60)49-29-15-18-34-58(49)62(59-35-19-21-42-20-11-12-28-48(42)59)47-37-39-53-51-31-14-17-33-55(51)61(57(53)41-47,45-24-7-3-8-25-45)46-26-9-4-10-27-46/h2-41H,1H3. The van der Waals surface area contributed by atoms with Crippen LogP contribution in [0.1, 0.15) is 45.9 Å². The first-order valence-corrected chi connectivity index (χ1v) is 21.7. The molecule has 0 N–H and O–H groups in total. The molecule has 1 unspecified atom stereocenters. The average Bonchev–Trinajstić information content (AvgIpc) is 3.79. The van der Waals surface area contributed by atoms with Crippen LogP contribution in [0.25, 0.3) is 44.2 Å². The Balaban J connectivity index is 1.12. The number of para-hydroxylation sites is 1. The van der Waals surface area contributed by atoms with E-state index in [4.69, 9.17) is 0 Å². The second-order valence-corrected chi connectivity index (χ2v) is 16.9. The second-order valence-electron chi connectivity index (χ2n) is 16.9. The van der Waals surface area contributed by atoms with Crippen LogP contribution in [0.2, 0.25) is 0 Å². The van der Waals surface area contributed by atoms with Crippen LogP contribution in [0, 0.1) is 0 Å². The Bertz CT molecular complexity index is 3270. The van der Waals surface area contributed by atoms with Crippen LogP contribution in [-0.2, 0) is 10.8 Å². The van der Waals surface area contributed by atoms with Crippen molar-refractivity contribution in [2.24, 2.45) is 0 Å². The van der Waals surface area contributed by atoms with Crippen molar-refractivity contribution < 1.29 is 0 Å². The predicted molar refractivity (Wildman–Crippen MR) is 259 cm³/mol. The third kappa shape index (κ3) is 5.22. The maximum absolute atomic E-state index is 2.51. The van der Waals surface area contributed by atoms with Crippen molar-refractivity contribution in [1.29, 1.82) is 0 Å². The molecule has 12 rings (SSSR count). The third-order valence-corrected chi connectivity index (χ3v) is 13.8. The lowest BCUT2D eigenvalue weighted by molar-refractivity contribution is 0.714. The monoisotopic (exact) mass is 789 g/mol. The summed E-state index contributed by atoms with van der Waals surface area (Å²) in [5, 5.41) is 2.41. The number of hydrogen-bond acceptors (Lipinski definition) is 1. The summed E-state index contributed by atoms with van der Waals surface area (Å²) in [6.07, 6.45) is 0. The molecule has 2 aliphatic rings. The summed E-state index contributed by atoms with van der Waals surface area (Å²) in [5.74, 6) is 0. The maximum Gasteiger partial charge on any atom is 0.0714 e. The molecule has 62 heavy (non-hydrogen) atoms. The third-order valence-electron chi connectivity index (χ3n) is 13.8. The molecule has 0 saturated carbocycles. The summed E-state index contributed by atoms with van der Waals surface area (Å²) in [7, 11) is 0. The van der Waals surface area contributed by atoms with Crippen molar-refractivity contribution in [1.82, 2.24) is 0 Å². The first kappa shape index (κ1) is 36.1. The zero-order valence-electron chi connectivity index (χ0n) is 34.5. The van der Waals surface area contributed by atoms with Gasteiger partial charge in [-0.15, -0.1) is 0 Å². The highest BCUT2D eigenvalue weighted by atomic mass is 15.1. The fourth-order valence-electron chi connectivity index (χ4n) is 11.0. The normalized spacial score (nSPS) is 15.4. The maximum atomic E-state index is 2.51. The summed E-state index contributed by atoms with van der Waals surface area (Å²) in [4.78, 5) is 2.51. The minimum absolute atomic E-state index is 0.305. The van der Waals surface area contributed by atoms with E-state index in [9.17, 15) is 0 Å². The molecule has 10 aromatic rings. The van der Waals surface area contributed by atoms with Crippen molar-refractivity contribution >= 4 is 27.8 Å². The number of benzene rings is 10. The van der Waals surface area contributed by atoms with Gasteiger partial charge in [0.05, 0.1) is 16.8 Å². The van der Waals surface area contributed by atoms with Crippen molar-refractivity contribution in [2.45, 2.75) is 17.8 Å². The van der Waals surface area contributed by atoms with Gasteiger partial charge in [-0.1, -0.05) is 212 Å². The highest BCUT2D eigenvalue weighted by Gasteiger charge is 2.46. The van der Waals surface area contributed by atoms with Gasteiger partial charge in [0.15, 0.2) is 0 Å².